The second-order valence-electron chi connectivity index (χ2n) is 5.89. The van der Waals surface area contributed by atoms with Crippen LogP contribution in [0.3, 0.4) is 0 Å². The van der Waals surface area contributed by atoms with Crippen LogP contribution in [0.5, 0.6) is 0 Å². The predicted octanol–water partition coefficient (Wildman–Crippen LogP) is 0.533. The summed E-state index contributed by atoms with van der Waals surface area (Å²) in [6.07, 6.45) is 0. The van der Waals surface area contributed by atoms with Crippen LogP contribution in [0.25, 0.3) is 0 Å². The number of primary amides is 1. The summed E-state index contributed by atoms with van der Waals surface area (Å²) >= 11 is 1.04. The minimum absolute atomic E-state index is 0.0901. The van der Waals surface area contributed by atoms with Crippen molar-refractivity contribution in [3.05, 3.63) is 56.5 Å². The van der Waals surface area contributed by atoms with E-state index in [2.05, 4.69) is 5.32 Å². The van der Waals surface area contributed by atoms with Gasteiger partial charge in [0.05, 0.1) is 16.1 Å². The molecule has 0 radical (unpaired) electrons. The molecule has 0 bridgehead atoms. The summed E-state index contributed by atoms with van der Waals surface area (Å²) in [7, 11) is 0. The lowest BCUT2D eigenvalue weighted by Gasteiger charge is -2.13. The number of benzene rings is 1. The number of anilines is 1. The Kier molecular flexibility index (Phi) is 5.55. The fourth-order valence-electron chi connectivity index (χ4n) is 2.70. The minimum Gasteiger partial charge on any atom is -0.454 e. The smallest absolute Gasteiger partial charge is 0.326 e. The van der Waals surface area contributed by atoms with Gasteiger partial charge in [-0.25, -0.2) is 0 Å². The number of rotatable bonds is 7. The van der Waals surface area contributed by atoms with Crippen molar-refractivity contribution in [3.63, 3.8) is 0 Å². The van der Waals surface area contributed by atoms with Gasteiger partial charge in [0.25, 0.3) is 29.3 Å². The van der Waals surface area contributed by atoms with E-state index in [-0.39, 0.29) is 16.1 Å². The van der Waals surface area contributed by atoms with E-state index >= 15 is 0 Å². The van der Waals surface area contributed by atoms with Crippen LogP contribution in [0.1, 0.15) is 31.1 Å². The average Bonchev–Trinajstić information content (AvgIpc) is 3.25. The van der Waals surface area contributed by atoms with E-state index in [9.17, 15) is 34.1 Å². The molecule has 0 saturated carbocycles. The van der Waals surface area contributed by atoms with E-state index in [4.69, 9.17) is 10.5 Å². The highest BCUT2D eigenvalue weighted by Gasteiger charge is 2.41. The molecule has 1 aliphatic rings. The summed E-state index contributed by atoms with van der Waals surface area (Å²) in [4.78, 5) is 70.6. The van der Waals surface area contributed by atoms with Crippen molar-refractivity contribution in [3.8, 4) is 0 Å². The number of hydrogen-bond donors (Lipinski definition) is 2. The average molecular weight is 432 g/mol. The van der Waals surface area contributed by atoms with Gasteiger partial charge in [0, 0.05) is 6.07 Å². The lowest BCUT2D eigenvalue weighted by molar-refractivity contribution is -0.385. The Morgan fingerprint density at radius 3 is 2.60 bits per heavy atom. The first kappa shape index (κ1) is 20.6. The first-order valence-corrected chi connectivity index (χ1v) is 9.05. The van der Waals surface area contributed by atoms with Crippen LogP contribution >= 0.6 is 11.3 Å². The monoisotopic (exact) mass is 432 g/mol. The molecule has 2 heterocycles. The molecular weight excluding hydrogens is 420 g/mol. The molecule has 0 atom stereocenters. The van der Waals surface area contributed by atoms with Crippen LogP contribution in [-0.2, 0) is 14.3 Å². The number of amides is 4. The number of carbonyl (C=O) groups excluding carboxylic acids is 5. The normalized spacial score (nSPS) is 12.5. The first-order chi connectivity index (χ1) is 14.2. The van der Waals surface area contributed by atoms with Crippen LogP contribution < -0.4 is 11.1 Å². The predicted molar refractivity (Wildman–Crippen MR) is 101 cm³/mol. The Labute approximate surface area is 171 Å². The van der Waals surface area contributed by atoms with E-state index in [1.54, 1.807) is 0 Å². The number of esters is 1. The van der Waals surface area contributed by atoms with Gasteiger partial charge >= 0.3 is 5.97 Å². The van der Waals surface area contributed by atoms with Gasteiger partial charge < -0.3 is 15.8 Å². The fraction of sp³-hybridized carbons (Fsp3) is 0.118. The highest BCUT2D eigenvalue weighted by Crippen LogP contribution is 2.30. The number of fused-ring (bicyclic) bond motifs is 1. The summed E-state index contributed by atoms with van der Waals surface area (Å²) in [6.45, 7) is -1.58. The Bertz CT molecular complexity index is 1110. The molecule has 1 aromatic heterocycles. The molecule has 1 aliphatic heterocycles. The maximum absolute atomic E-state index is 12.4. The molecule has 3 N–H and O–H groups in total. The third-order valence-electron chi connectivity index (χ3n) is 4.01. The summed E-state index contributed by atoms with van der Waals surface area (Å²) in [5.41, 5.74) is 4.09. The number of imide groups is 1. The molecule has 3 rings (SSSR count). The second-order valence-corrected chi connectivity index (χ2v) is 6.81. The van der Waals surface area contributed by atoms with Crippen LogP contribution in [0, 0.1) is 10.1 Å². The van der Waals surface area contributed by atoms with E-state index in [1.807, 2.05) is 0 Å². The summed E-state index contributed by atoms with van der Waals surface area (Å²) in [5.74, 6) is -4.49. The number of carbonyl (C=O) groups is 5. The number of nitrogens with one attached hydrogen (secondary N) is 1. The van der Waals surface area contributed by atoms with Gasteiger partial charge in [0.15, 0.2) is 6.61 Å². The quantitative estimate of drug-likeness (QED) is 0.275. The number of ether oxygens (including phenoxy) is 1. The lowest BCUT2D eigenvalue weighted by atomic mass is 10.1. The lowest BCUT2D eigenvalue weighted by Crippen LogP contribution is -2.36. The molecule has 0 aliphatic carbocycles. The number of nitro groups is 1. The molecule has 154 valence electrons. The third-order valence-corrected chi connectivity index (χ3v) is 4.84. The van der Waals surface area contributed by atoms with Gasteiger partial charge in [-0.15, -0.1) is 11.3 Å². The highest BCUT2D eigenvalue weighted by molar-refractivity contribution is 7.14. The zero-order valence-electron chi connectivity index (χ0n) is 14.9. The zero-order valence-corrected chi connectivity index (χ0v) is 15.8. The molecule has 2 aromatic rings. The molecule has 0 fully saturated rings. The standard InChI is InChI=1S/C17H12N4O8S/c18-14(24)9-4-5-30-15(9)19-11(22)7-29-12(23)6-20-16(25)8-2-1-3-10(21(27)28)13(8)17(20)26/h1-5H,6-7H2,(H2,18,24)(H,19,22). The number of nitrogens with two attached hydrogens (primary N) is 1. The van der Waals surface area contributed by atoms with Crippen LogP contribution in [0.15, 0.2) is 29.6 Å². The number of hydrogen-bond acceptors (Lipinski definition) is 9. The maximum Gasteiger partial charge on any atom is 0.326 e. The second kappa shape index (κ2) is 8.08. The van der Waals surface area contributed by atoms with Gasteiger partial charge in [-0.05, 0) is 17.5 Å². The van der Waals surface area contributed by atoms with Gasteiger partial charge in [-0.3, -0.25) is 39.0 Å². The minimum atomic E-state index is -1.08. The Morgan fingerprint density at radius 1 is 1.20 bits per heavy atom. The Hall–Kier alpha value is -4.13. The molecule has 12 nitrogen and oxygen atoms in total. The van der Waals surface area contributed by atoms with E-state index < -0.39 is 58.9 Å². The molecule has 0 spiro atoms. The largest absolute Gasteiger partial charge is 0.454 e. The third kappa shape index (κ3) is 3.86. The number of thiophene rings is 1. The van der Waals surface area contributed by atoms with Crippen molar-refractivity contribution in [2.45, 2.75) is 0 Å². The number of nitro benzene ring substituents is 1. The molecule has 1 aromatic carbocycles. The topological polar surface area (TPSA) is 179 Å². The van der Waals surface area contributed by atoms with Gasteiger partial charge in [-0.2, -0.15) is 0 Å². The van der Waals surface area contributed by atoms with E-state index in [0.29, 0.717) is 4.90 Å². The molecular formula is C17H12N4O8S. The van der Waals surface area contributed by atoms with Crippen molar-refractivity contribution in [1.82, 2.24) is 4.90 Å². The molecule has 0 unspecified atom stereocenters. The highest BCUT2D eigenvalue weighted by atomic mass is 32.1. The van der Waals surface area contributed by atoms with Crippen LogP contribution in [-0.4, -0.2) is 52.6 Å². The van der Waals surface area contributed by atoms with Crippen molar-refractivity contribution in [2.24, 2.45) is 5.73 Å². The first-order valence-electron chi connectivity index (χ1n) is 8.17. The SMILES string of the molecule is NC(=O)c1ccsc1NC(=O)COC(=O)CN1C(=O)c2cccc([N+](=O)[O-])c2C1=O. The molecule has 13 heteroatoms. The van der Waals surface area contributed by atoms with E-state index in [1.165, 1.54) is 23.6 Å². The van der Waals surface area contributed by atoms with Crippen molar-refractivity contribution < 1.29 is 33.6 Å². The Balaban J connectivity index is 1.61. The van der Waals surface area contributed by atoms with Gasteiger partial charge in [0.1, 0.15) is 17.1 Å². The Morgan fingerprint density at radius 2 is 1.93 bits per heavy atom. The van der Waals surface area contributed by atoms with Crippen molar-refractivity contribution >= 4 is 51.6 Å². The summed E-state index contributed by atoms with van der Waals surface area (Å²) < 4.78 is 4.75. The van der Waals surface area contributed by atoms with Gasteiger partial charge in [0.2, 0.25) is 0 Å². The van der Waals surface area contributed by atoms with Crippen molar-refractivity contribution in [1.29, 1.82) is 0 Å². The van der Waals surface area contributed by atoms with Gasteiger partial charge in [-0.1, -0.05) is 6.07 Å². The zero-order chi connectivity index (χ0) is 22.0. The number of nitrogens with zero attached hydrogens (tertiary/aromatic N) is 2. The van der Waals surface area contributed by atoms with Crippen LogP contribution in [0.4, 0.5) is 10.7 Å². The maximum atomic E-state index is 12.4. The molecule has 0 saturated heterocycles. The van der Waals surface area contributed by atoms with Crippen LogP contribution in [0.2, 0.25) is 0 Å². The summed E-state index contributed by atoms with van der Waals surface area (Å²) in [5, 5.41) is 15.1. The molecule has 4 amide bonds. The van der Waals surface area contributed by atoms with Crippen molar-refractivity contribution in [2.75, 3.05) is 18.5 Å². The fourth-order valence-corrected chi connectivity index (χ4v) is 3.50. The summed E-state index contributed by atoms with van der Waals surface area (Å²) in [6, 6.07) is 4.97. The molecule has 30 heavy (non-hydrogen) atoms. The van der Waals surface area contributed by atoms with E-state index in [0.717, 1.165) is 17.4 Å².